The van der Waals surface area contributed by atoms with E-state index in [1.165, 1.54) is 26.2 Å². The van der Waals surface area contributed by atoms with Crippen LogP contribution < -0.4 is 10.6 Å². The zero-order valence-corrected chi connectivity index (χ0v) is 13.1. The van der Waals surface area contributed by atoms with Gasteiger partial charge >= 0.3 is 0 Å². The first-order chi connectivity index (χ1) is 9.91. The van der Waals surface area contributed by atoms with E-state index in [0.717, 1.165) is 30.1 Å². The predicted octanol–water partition coefficient (Wildman–Crippen LogP) is 1.02. The molecule has 2 rings (SSSR count). The van der Waals surface area contributed by atoms with Crippen LogP contribution >= 0.6 is 0 Å². The summed E-state index contributed by atoms with van der Waals surface area (Å²) < 4.78 is 25.0. The molecule has 1 heterocycles. The third-order valence-electron chi connectivity index (χ3n) is 3.53. The quantitative estimate of drug-likeness (QED) is 0.870. The second-order valence-electron chi connectivity index (χ2n) is 5.30. The first-order valence-corrected chi connectivity index (χ1v) is 8.42. The lowest BCUT2D eigenvalue weighted by Gasteiger charge is -2.22. The van der Waals surface area contributed by atoms with Gasteiger partial charge < -0.3 is 10.6 Å². The lowest BCUT2D eigenvalue weighted by atomic mass is 10.0. The summed E-state index contributed by atoms with van der Waals surface area (Å²) in [5, 5.41) is 5.98. The number of anilines is 1. The highest BCUT2D eigenvalue weighted by atomic mass is 32.2. The van der Waals surface area contributed by atoms with Crippen molar-refractivity contribution >= 4 is 21.6 Å². The van der Waals surface area contributed by atoms with Crippen molar-refractivity contribution in [3.05, 3.63) is 24.3 Å². The SMILES string of the molecule is CN(C)S(=O)(=O)c1ccc(NC(=O)C2CCCCN2)cc1. The maximum Gasteiger partial charge on any atom is 0.242 e. The molecule has 1 saturated heterocycles. The number of sulfonamides is 1. The van der Waals surface area contributed by atoms with Gasteiger partial charge in [0.25, 0.3) is 0 Å². The maximum atomic E-state index is 12.1. The highest BCUT2D eigenvalue weighted by Gasteiger charge is 2.21. The number of amides is 1. The van der Waals surface area contributed by atoms with E-state index in [-0.39, 0.29) is 16.8 Å². The van der Waals surface area contributed by atoms with Crippen molar-refractivity contribution in [1.29, 1.82) is 0 Å². The summed E-state index contributed by atoms with van der Waals surface area (Å²) in [6.07, 6.45) is 2.98. The largest absolute Gasteiger partial charge is 0.325 e. The second kappa shape index (κ2) is 6.55. The van der Waals surface area contributed by atoms with Gasteiger partial charge in [-0.2, -0.15) is 0 Å². The molecule has 1 aromatic rings. The second-order valence-corrected chi connectivity index (χ2v) is 7.46. The van der Waals surface area contributed by atoms with E-state index < -0.39 is 10.0 Å². The van der Waals surface area contributed by atoms with Gasteiger partial charge in [-0.1, -0.05) is 6.42 Å². The number of nitrogens with zero attached hydrogens (tertiary/aromatic N) is 1. The van der Waals surface area contributed by atoms with Crippen molar-refractivity contribution in [3.8, 4) is 0 Å². The minimum atomic E-state index is -3.43. The first kappa shape index (κ1) is 15.9. The molecule has 1 aliphatic rings. The zero-order valence-electron chi connectivity index (χ0n) is 12.3. The summed E-state index contributed by atoms with van der Waals surface area (Å²) in [6.45, 7) is 0.859. The van der Waals surface area contributed by atoms with E-state index in [1.54, 1.807) is 12.1 Å². The summed E-state index contributed by atoms with van der Waals surface area (Å²) in [5.74, 6) is -0.0714. The zero-order chi connectivity index (χ0) is 15.5. The number of benzene rings is 1. The van der Waals surface area contributed by atoms with Crippen LogP contribution in [0.5, 0.6) is 0 Å². The number of carbonyl (C=O) groups is 1. The molecule has 0 spiro atoms. The van der Waals surface area contributed by atoms with Gasteiger partial charge in [-0.3, -0.25) is 4.79 Å². The van der Waals surface area contributed by atoms with Gasteiger partial charge in [0.15, 0.2) is 0 Å². The number of hydrogen-bond acceptors (Lipinski definition) is 4. The monoisotopic (exact) mass is 311 g/mol. The molecular formula is C14H21N3O3S. The number of rotatable bonds is 4. The average molecular weight is 311 g/mol. The average Bonchev–Trinajstić information content (AvgIpc) is 2.48. The highest BCUT2D eigenvalue weighted by molar-refractivity contribution is 7.89. The van der Waals surface area contributed by atoms with Crippen LogP contribution in [-0.4, -0.2) is 45.3 Å². The van der Waals surface area contributed by atoms with Crippen LogP contribution in [0, 0.1) is 0 Å². The predicted molar refractivity (Wildman–Crippen MR) is 81.6 cm³/mol. The summed E-state index contributed by atoms with van der Waals surface area (Å²) in [6, 6.07) is 6.05. The Balaban J connectivity index is 2.04. The lowest BCUT2D eigenvalue weighted by Crippen LogP contribution is -2.43. The number of carbonyl (C=O) groups excluding carboxylic acids is 1. The third kappa shape index (κ3) is 3.81. The minimum absolute atomic E-state index is 0.0714. The van der Waals surface area contributed by atoms with E-state index in [4.69, 9.17) is 0 Å². The first-order valence-electron chi connectivity index (χ1n) is 6.98. The van der Waals surface area contributed by atoms with Gasteiger partial charge in [0.2, 0.25) is 15.9 Å². The molecule has 1 aromatic carbocycles. The van der Waals surface area contributed by atoms with Crippen LogP contribution in [0.3, 0.4) is 0 Å². The van der Waals surface area contributed by atoms with Gasteiger partial charge in [0.05, 0.1) is 10.9 Å². The Morgan fingerprint density at radius 3 is 2.43 bits per heavy atom. The lowest BCUT2D eigenvalue weighted by molar-refractivity contribution is -0.118. The number of hydrogen-bond donors (Lipinski definition) is 2. The number of nitrogens with one attached hydrogen (secondary N) is 2. The maximum absolute atomic E-state index is 12.1. The van der Waals surface area contributed by atoms with Crippen molar-refractivity contribution in [2.24, 2.45) is 0 Å². The van der Waals surface area contributed by atoms with Gasteiger partial charge in [-0.05, 0) is 43.7 Å². The van der Waals surface area contributed by atoms with Crippen molar-refractivity contribution in [3.63, 3.8) is 0 Å². The molecule has 0 aromatic heterocycles. The van der Waals surface area contributed by atoms with Crippen LogP contribution in [0.15, 0.2) is 29.2 Å². The fourth-order valence-corrected chi connectivity index (χ4v) is 3.13. The van der Waals surface area contributed by atoms with Crippen LogP contribution in [-0.2, 0) is 14.8 Å². The fraction of sp³-hybridized carbons (Fsp3) is 0.500. The van der Waals surface area contributed by atoms with Crippen LogP contribution in [0.2, 0.25) is 0 Å². The standard InChI is InChI=1S/C14H21N3O3S/c1-17(2)21(19,20)12-8-6-11(7-9-12)16-14(18)13-5-3-4-10-15-13/h6-9,13,15H,3-5,10H2,1-2H3,(H,16,18). The third-order valence-corrected chi connectivity index (χ3v) is 5.36. The molecule has 7 heteroatoms. The highest BCUT2D eigenvalue weighted by Crippen LogP contribution is 2.17. The molecule has 1 atom stereocenters. The Kier molecular flexibility index (Phi) is 4.97. The number of piperidine rings is 1. The Morgan fingerprint density at radius 1 is 1.24 bits per heavy atom. The van der Waals surface area contributed by atoms with Gasteiger partial charge in [0, 0.05) is 19.8 Å². The minimum Gasteiger partial charge on any atom is -0.325 e. The van der Waals surface area contributed by atoms with Crippen molar-refractivity contribution in [1.82, 2.24) is 9.62 Å². The van der Waals surface area contributed by atoms with E-state index in [2.05, 4.69) is 10.6 Å². The van der Waals surface area contributed by atoms with Gasteiger partial charge in [-0.25, -0.2) is 12.7 Å². The molecule has 116 valence electrons. The van der Waals surface area contributed by atoms with Crippen LogP contribution in [0.25, 0.3) is 0 Å². The molecule has 1 unspecified atom stereocenters. The van der Waals surface area contributed by atoms with E-state index in [9.17, 15) is 13.2 Å². The molecule has 21 heavy (non-hydrogen) atoms. The normalized spacial score (nSPS) is 19.5. The Bertz CT molecular complexity index is 590. The van der Waals surface area contributed by atoms with Crippen molar-refractivity contribution < 1.29 is 13.2 Å². The van der Waals surface area contributed by atoms with E-state index in [1.807, 2.05) is 0 Å². The van der Waals surface area contributed by atoms with Gasteiger partial charge in [-0.15, -0.1) is 0 Å². The summed E-state index contributed by atoms with van der Waals surface area (Å²) >= 11 is 0. The van der Waals surface area contributed by atoms with Crippen LogP contribution in [0.4, 0.5) is 5.69 Å². The Hall–Kier alpha value is -1.44. The summed E-state index contributed by atoms with van der Waals surface area (Å²) in [7, 11) is -0.463. The summed E-state index contributed by atoms with van der Waals surface area (Å²) in [4.78, 5) is 12.3. The Labute approximate surface area is 125 Å². The van der Waals surface area contributed by atoms with Crippen LogP contribution in [0.1, 0.15) is 19.3 Å². The molecule has 0 radical (unpaired) electrons. The Morgan fingerprint density at radius 2 is 1.90 bits per heavy atom. The molecule has 2 N–H and O–H groups in total. The topological polar surface area (TPSA) is 78.5 Å². The summed E-state index contributed by atoms with van der Waals surface area (Å²) in [5.41, 5.74) is 0.602. The fourth-order valence-electron chi connectivity index (χ4n) is 2.23. The van der Waals surface area contributed by atoms with E-state index >= 15 is 0 Å². The van der Waals surface area contributed by atoms with Gasteiger partial charge in [0.1, 0.15) is 0 Å². The molecule has 1 aliphatic heterocycles. The molecule has 1 amide bonds. The molecular weight excluding hydrogens is 290 g/mol. The smallest absolute Gasteiger partial charge is 0.242 e. The molecule has 0 saturated carbocycles. The molecule has 1 fully saturated rings. The van der Waals surface area contributed by atoms with E-state index in [0.29, 0.717) is 5.69 Å². The molecule has 0 aliphatic carbocycles. The van der Waals surface area contributed by atoms with Crippen molar-refractivity contribution in [2.75, 3.05) is 26.0 Å². The van der Waals surface area contributed by atoms with Crippen molar-refractivity contribution in [2.45, 2.75) is 30.2 Å². The molecule has 0 bridgehead atoms. The molecule has 6 nitrogen and oxygen atoms in total.